The zero-order valence-electron chi connectivity index (χ0n) is 25.2. The molecule has 2 amide bonds. The number of amides is 2. The third-order valence-electron chi connectivity index (χ3n) is 7.42. The molecule has 0 aromatic heterocycles. The van der Waals surface area contributed by atoms with Crippen LogP contribution in [0.5, 0.6) is 17.2 Å². The first-order chi connectivity index (χ1) is 20.6. The summed E-state index contributed by atoms with van der Waals surface area (Å²) in [5.74, 6) is -2.69. The van der Waals surface area contributed by atoms with Crippen LogP contribution in [0.1, 0.15) is 59.5 Å². The number of allylic oxidation sites excluding steroid dienone is 2. The highest BCUT2D eigenvalue weighted by Gasteiger charge is 2.53. The summed E-state index contributed by atoms with van der Waals surface area (Å²) in [4.78, 5) is 50.8. The molecular formula is C31H35N2O11-. The van der Waals surface area contributed by atoms with Crippen LogP contribution in [-0.2, 0) is 25.4 Å². The molecule has 0 spiro atoms. The van der Waals surface area contributed by atoms with Crippen molar-refractivity contribution < 1.29 is 53.1 Å². The van der Waals surface area contributed by atoms with Crippen LogP contribution in [-0.4, -0.2) is 72.2 Å². The first-order valence-corrected chi connectivity index (χ1v) is 13.8. The molecule has 1 saturated heterocycles. The fraction of sp³-hybridized carbons (Fsp3) is 0.419. The number of methoxy groups -OCH3 is 1. The predicted molar refractivity (Wildman–Crippen MR) is 152 cm³/mol. The van der Waals surface area contributed by atoms with Crippen molar-refractivity contribution in [2.24, 2.45) is 5.73 Å². The summed E-state index contributed by atoms with van der Waals surface area (Å²) >= 11 is 0. The fourth-order valence-corrected chi connectivity index (χ4v) is 5.15. The number of ether oxygens (including phenoxy) is 5. The average Bonchev–Trinajstić information content (AvgIpc) is 2.94. The van der Waals surface area contributed by atoms with Crippen molar-refractivity contribution in [3.63, 3.8) is 0 Å². The topological polar surface area (TPSA) is 196 Å². The lowest BCUT2D eigenvalue weighted by Crippen LogP contribution is -2.65. The molecule has 0 radical (unpaired) electrons. The maximum absolute atomic E-state index is 13.3. The summed E-state index contributed by atoms with van der Waals surface area (Å²) in [6, 6.07) is 5.15. The number of aliphatic hydroxyl groups excluding tert-OH is 1. The number of hydrogen-bond acceptors (Lipinski definition) is 11. The van der Waals surface area contributed by atoms with Crippen molar-refractivity contribution in [3.8, 4) is 17.2 Å². The minimum Gasteiger partial charge on any atom is -0.872 e. The van der Waals surface area contributed by atoms with E-state index in [1.54, 1.807) is 13.8 Å². The van der Waals surface area contributed by atoms with Gasteiger partial charge in [0.2, 0.25) is 6.29 Å². The van der Waals surface area contributed by atoms with Crippen LogP contribution in [0.25, 0.3) is 0 Å². The lowest BCUT2D eigenvalue weighted by atomic mass is 9.89. The van der Waals surface area contributed by atoms with E-state index in [1.165, 1.54) is 44.4 Å². The molecule has 13 nitrogen and oxygen atoms in total. The molecule has 2 aliphatic rings. The average molecular weight is 612 g/mol. The molecule has 5 atom stereocenters. The lowest BCUT2D eigenvalue weighted by molar-refractivity contribution is -0.304. The molecule has 4 N–H and O–H groups in total. The molecule has 2 aromatic carbocycles. The lowest BCUT2D eigenvalue weighted by Gasteiger charge is -2.47. The molecule has 0 bridgehead atoms. The highest BCUT2D eigenvalue weighted by atomic mass is 16.7. The predicted octanol–water partition coefficient (Wildman–Crippen LogP) is 1.83. The minimum absolute atomic E-state index is 0.0127. The van der Waals surface area contributed by atoms with Gasteiger partial charge < -0.3 is 44.9 Å². The van der Waals surface area contributed by atoms with Crippen LogP contribution in [0.2, 0.25) is 0 Å². The van der Waals surface area contributed by atoms with E-state index in [4.69, 9.17) is 29.4 Å². The Bertz CT molecular complexity index is 1510. The normalized spacial score (nSPS) is 24.0. The summed E-state index contributed by atoms with van der Waals surface area (Å²) in [7, 11) is 1.36. The Morgan fingerprint density at radius 2 is 1.89 bits per heavy atom. The van der Waals surface area contributed by atoms with Crippen molar-refractivity contribution in [1.29, 1.82) is 0 Å². The van der Waals surface area contributed by atoms with Gasteiger partial charge in [0, 0.05) is 18.2 Å². The fourth-order valence-electron chi connectivity index (χ4n) is 5.15. The van der Waals surface area contributed by atoms with E-state index in [1.807, 2.05) is 19.9 Å². The first kappa shape index (κ1) is 32.5. The van der Waals surface area contributed by atoms with Crippen LogP contribution in [0, 0.1) is 6.92 Å². The number of carbonyl (C=O) groups excluding carboxylic acids is 4. The van der Waals surface area contributed by atoms with Crippen molar-refractivity contribution in [2.75, 3.05) is 7.11 Å². The molecular weight excluding hydrogens is 576 g/mol. The number of primary amides is 1. The molecule has 0 saturated carbocycles. The van der Waals surface area contributed by atoms with Crippen molar-refractivity contribution >= 4 is 23.8 Å². The number of rotatable bonds is 8. The van der Waals surface area contributed by atoms with E-state index in [-0.39, 0.29) is 33.9 Å². The number of benzene rings is 2. The number of nitrogens with one attached hydrogen (secondary N) is 1. The third-order valence-corrected chi connectivity index (χ3v) is 7.42. The summed E-state index contributed by atoms with van der Waals surface area (Å²) in [6.45, 7) is 8.60. The number of carbonyl (C=O) groups is 4. The smallest absolute Gasteiger partial charge is 0.404 e. The van der Waals surface area contributed by atoms with E-state index in [0.717, 1.165) is 5.57 Å². The Morgan fingerprint density at radius 1 is 1.18 bits per heavy atom. The summed E-state index contributed by atoms with van der Waals surface area (Å²) < 4.78 is 27.8. The number of Topliss-reactive ketones (excluding diaryl/α,β-unsaturated/α-hetero) is 1. The molecule has 2 aromatic rings. The third kappa shape index (κ3) is 6.54. The second-order valence-electron chi connectivity index (χ2n) is 11.3. The van der Waals surface area contributed by atoms with Gasteiger partial charge in [-0.25, -0.2) is 9.59 Å². The monoisotopic (exact) mass is 611 g/mol. The van der Waals surface area contributed by atoms with Crippen LogP contribution >= 0.6 is 0 Å². The maximum atomic E-state index is 13.3. The molecule has 4 rings (SSSR count). The van der Waals surface area contributed by atoms with E-state index in [2.05, 4.69) is 5.32 Å². The molecule has 13 heteroatoms. The summed E-state index contributed by atoms with van der Waals surface area (Å²) in [5.41, 5.74) is 5.85. The van der Waals surface area contributed by atoms with E-state index in [9.17, 15) is 29.4 Å². The van der Waals surface area contributed by atoms with Gasteiger partial charge in [-0.1, -0.05) is 29.3 Å². The molecule has 1 fully saturated rings. The Kier molecular flexibility index (Phi) is 9.33. The standard InChI is InChI=1S/C31H36N2O11/c1-14(2)7-8-16-13-17(9-11-19(16)34)27(37)33-21-22(35)18-10-12-20(15(3)24(18)42-28(21)38)41-29-23(36)25(43-30(32)39)26(40-6)31(4,5)44-29/h7,9-13,21,23,25-26,29,34,36H,8H2,1-6H3,(H2,32,39)(H,33,37)/p-1/t21?,23-,25-,26+,29+/m0/s1. The molecule has 0 aliphatic carbocycles. The van der Waals surface area contributed by atoms with Crippen LogP contribution in [0.4, 0.5) is 4.79 Å². The van der Waals surface area contributed by atoms with Gasteiger partial charge >= 0.3 is 12.1 Å². The van der Waals surface area contributed by atoms with Crippen LogP contribution < -0.4 is 25.6 Å². The van der Waals surface area contributed by atoms with E-state index >= 15 is 0 Å². The van der Waals surface area contributed by atoms with Crippen LogP contribution in [0.3, 0.4) is 0 Å². The number of hydrogen-bond donors (Lipinski definition) is 3. The van der Waals surface area contributed by atoms with Crippen molar-refractivity contribution in [1.82, 2.24) is 5.32 Å². The number of aliphatic hydroxyl groups is 1. The van der Waals surface area contributed by atoms with Gasteiger partial charge in [0.1, 0.15) is 17.6 Å². The Hall–Kier alpha value is -4.46. The Morgan fingerprint density at radius 3 is 2.52 bits per heavy atom. The van der Waals surface area contributed by atoms with Crippen molar-refractivity contribution in [2.45, 2.75) is 77.3 Å². The molecule has 1 unspecified atom stereocenters. The van der Waals surface area contributed by atoms with Gasteiger partial charge in [-0.2, -0.15) is 0 Å². The quantitative estimate of drug-likeness (QED) is 0.170. The second-order valence-corrected chi connectivity index (χ2v) is 11.3. The number of ketones is 1. The molecule has 2 heterocycles. The summed E-state index contributed by atoms with van der Waals surface area (Å²) in [5, 5.41) is 25.5. The number of esters is 1. The Labute approximate surface area is 253 Å². The van der Waals surface area contributed by atoms with Gasteiger partial charge in [0.15, 0.2) is 24.0 Å². The van der Waals surface area contributed by atoms with E-state index < -0.39 is 60.0 Å². The van der Waals surface area contributed by atoms with Gasteiger partial charge in [0.25, 0.3) is 5.91 Å². The molecule has 44 heavy (non-hydrogen) atoms. The first-order valence-electron chi connectivity index (χ1n) is 13.8. The minimum atomic E-state index is -1.63. The highest BCUT2D eigenvalue weighted by molar-refractivity contribution is 6.19. The van der Waals surface area contributed by atoms with Crippen LogP contribution in [0.15, 0.2) is 42.0 Å². The largest absolute Gasteiger partial charge is 0.872 e. The zero-order chi connectivity index (χ0) is 32.5. The Balaban J connectivity index is 1.54. The van der Waals surface area contributed by atoms with Gasteiger partial charge in [-0.05, 0) is 59.2 Å². The SMILES string of the molecule is CO[C@@H]1[C@@H](OC(N)=O)[C@H](O)[C@H](Oc2ccc3c(c2C)OC(=O)C(NC(=O)c2ccc([O-])c(CC=C(C)C)c2)C3=O)OC1(C)C. The number of nitrogens with two attached hydrogens (primary N) is 1. The van der Waals surface area contributed by atoms with E-state index in [0.29, 0.717) is 12.0 Å². The summed E-state index contributed by atoms with van der Waals surface area (Å²) in [6.07, 6.45) is -3.97. The second kappa shape index (κ2) is 12.6. The molecule has 2 aliphatic heterocycles. The van der Waals surface area contributed by atoms with Gasteiger partial charge in [0.05, 0.1) is 11.2 Å². The van der Waals surface area contributed by atoms with Crippen molar-refractivity contribution in [3.05, 3.63) is 64.2 Å². The van der Waals surface area contributed by atoms with Gasteiger partial charge in [-0.15, -0.1) is 5.75 Å². The maximum Gasteiger partial charge on any atom is 0.404 e. The molecule has 236 valence electrons. The highest BCUT2D eigenvalue weighted by Crippen LogP contribution is 2.39. The zero-order valence-corrected chi connectivity index (χ0v) is 25.2. The van der Waals surface area contributed by atoms with Gasteiger partial charge in [-0.3, -0.25) is 9.59 Å². The number of fused-ring (bicyclic) bond motifs is 1.